The predicted octanol–water partition coefficient (Wildman–Crippen LogP) is 6.18. The molecular formula is C28H27F3N2O4S. The third kappa shape index (κ3) is 4.89. The third-order valence-electron chi connectivity index (χ3n) is 6.72. The Kier molecular flexibility index (Phi) is 7.17. The SMILES string of the molecule is C.CSc1ccc(-c2ccc(-c3nc4cc(OC5COC6C(O)CO[C@H]56)[nH]c4cc3C(F)(F)F)cc2)cc1. The molecule has 10 heteroatoms. The summed E-state index contributed by atoms with van der Waals surface area (Å²) < 4.78 is 59.2. The van der Waals surface area contributed by atoms with Crippen molar-refractivity contribution >= 4 is 22.8 Å². The Morgan fingerprint density at radius 2 is 1.58 bits per heavy atom. The van der Waals surface area contributed by atoms with Gasteiger partial charge >= 0.3 is 6.18 Å². The Morgan fingerprint density at radius 1 is 0.947 bits per heavy atom. The van der Waals surface area contributed by atoms with Crippen LogP contribution in [-0.4, -0.2) is 59.0 Å². The van der Waals surface area contributed by atoms with Crippen molar-refractivity contribution in [2.75, 3.05) is 19.5 Å². The number of ether oxygens (including phenoxy) is 3. The summed E-state index contributed by atoms with van der Waals surface area (Å²) in [6, 6.07) is 17.5. The molecule has 0 amide bonds. The summed E-state index contributed by atoms with van der Waals surface area (Å²) >= 11 is 1.64. The Morgan fingerprint density at radius 3 is 2.24 bits per heavy atom. The average molecular weight is 545 g/mol. The predicted molar refractivity (Wildman–Crippen MR) is 140 cm³/mol. The molecule has 0 saturated carbocycles. The second-order valence-corrected chi connectivity index (χ2v) is 9.95. The number of aromatic amines is 1. The van der Waals surface area contributed by atoms with Crippen molar-refractivity contribution < 1.29 is 32.5 Å². The highest BCUT2D eigenvalue weighted by Gasteiger charge is 2.48. The molecule has 4 heterocycles. The molecule has 6 nitrogen and oxygen atoms in total. The first-order chi connectivity index (χ1) is 17.8. The van der Waals surface area contributed by atoms with E-state index in [9.17, 15) is 18.3 Å². The number of nitrogens with one attached hydrogen (secondary N) is 1. The van der Waals surface area contributed by atoms with E-state index in [1.54, 1.807) is 42.1 Å². The van der Waals surface area contributed by atoms with Crippen molar-refractivity contribution in [3.05, 3.63) is 66.2 Å². The molecule has 4 atom stereocenters. The van der Waals surface area contributed by atoms with Gasteiger partial charge in [0.15, 0.2) is 12.0 Å². The normalized spacial score (nSPS) is 22.9. The summed E-state index contributed by atoms with van der Waals surface area (Å²) in [7, 11) is 0. The first kappa shape index (κ1) is 26.6. The summed E-state index contributed by atoms with van der Waals surface area (Å²) in [5.74, 6) is 0.260. The molecule has 0 bridgehead atoms. The van der Waals surface area contributed by atoms with E-state index in [0.29, 0.717) is 11.1 Å². The minimum absolute atomic E-state index is 0. The zero-order valence-electron chi connectivity index (χ0n) is 19.7. The van der Waals surface area contributed by atoms with Crippen LogP contribution in [-0.2, 0) is 15.7 Å². The van der Waals surface area contributed by atoms with Gasteiger partial charge in [-0.25, -0.2) is 4.98 Å². The van der Waals surface area contributed by atoms with E-state index in [4.69, 9.17) is 14.2 Å². The summed E-state index contributed by atoms with van der Waals surface area (Å²) in [4.78, 5) is 8.39. The van der Waals surface area contributed by atoms with Crippen LogP contribution in [0.3, 0.4) is 0 Å². The fourth-order valence-corrected chi connectivity index (χ4v) is 5.25. The molecule has 2 aliphatic heterocycles. The number of rotatable bonds is 5. The number of H-pyrrole nitrogens is 1. The number of thioether (sulfide) groups is 1. The topological polar surface area (TPSA) is 76.6 Å². The highest BCUT2D eigenvalue weighted by molar-refractivity contribution is 7.98. The number of aliphatic hydroxyl groups is 1. The first-order valence-corrected chi connectivity index (χ1v) is 13.0. The van der Waals surface area contributed by atoms with Crippen LogP contribution in [0.1, 0.15) is 13.0 Å². The second kappa shape index (κ2) is 10.3. The molecule has 0 radical (unpaired) electrons. The smallest absolute Gasteiger partial charge is 0.418 e. The van der Waals surface area contributed by atoms with Crippen molar-refractivity contribution in [1.82, 2.24) is 9.97 Å². The summed E-state index contributed by atoms with van der Waals surface area (Å²) in [6.45, 7) is 0.365. The minimum atomic E-state index is -4.60. The number of halogens is 3. The van der Waals surface area contributed by atoms with Crippen molar-refractivity contribution in [1.29, 1.82) is 0 Å². The maximum atomic E-state index is 14.1. The fourth-order valence-electron chi connectivity index (χ4n) is 4.84. The van der Waals surface area contributed by atoms with Gasteiger partial charge in [0.05, 0.1) is 35.5 Å². The van der Waals surface area contributed by atoms with Crippen LogP contribution < -0.4 is 4.74 Å². The molecule has 4 aromatic rings. The maximum Gasteiger partial charge on any atom is 0.418 e. The van der Waals surface area contributed by atoms with Gasteiger partial charge < -0.3 is 24.3 Å². The molecule has 200 valence electrons. The Hall–Kier alpha value is -3.05. The molecule has 0 spiro atoms. The van der Waals surface area contributed by atoms with E-state index in [2.05, 4.69) is 9.97 Å². The molecular weight excluding hydrogens is 517 g/mol. The van der Waals surface area contributed by atoms with Crippen LogP contribution in [0.25, 0.3) is 33.4 Å². The lowest BCUT2D eigenvalue weighted by atomic mass is 10.00. The van der Waals surface area contributed by atoms with Crippen molar-refractivity contribution in [2.24, 2.45) is 0 Å². The van der Waals surface area contributed by atoms with Crippen LogP contribution in [0.15, 0.2) is 65.6 Å². The van der Waals surface area contributed by atoms with Gasteiger partial charge in [-0.2, -0.15) is 13.2 Å². The zero-order chi connectivity index (χ0) is 25.7. The number of alkyl halides is 3. The van der Waals surface area contributed by atoms with Crippen LogP contribution in [0.2, 0.25) is 0 Å². The van der Waals surface area contributed by atoms with Gasteiger partial charge in [-0.05, 0) is 35.6 Å². The Bertz CT molecular complexity index is 1420. The molecule has 3 unspecified atom stereocenters. The van der Waals surface area contributed by atoms with Crippen LogP contribution >= 0.6 is 11.8 Å². The Balaban J connectivity index is 0.00000294. The van der Waals surface area contributed by atoms with Crippen molar-refractivity contribution in [3.8, 4) is 28.3 Å². The zero-order valence-corrected chi connectivity index (χ0v) is 20.5. The van der Waals surface area contributed by atoms with Crippen LogP contribution in [0, 0.1) is 0 Å². The van der Waals surface area contributed by atoms with E-state index in [1.807, 2.05) is 30.5 Å². The molecule has 38 heavy (non-hydrogen) atoms. The monoisotopic (exact) mass is 544 g/mol. The van der Waals surface area contributed by atoms with Crippen molar-refractivity contribution in [2.45, 2.75) is 42.9 Å². The lowest BCUT2D eigenvalue weighted by Crippen LogP contribution is -2.34. The van der Waals surface area contributed by atoms with E-state index >= 15 is 0 Å². The second-order valence-electron chi connectivity index (χ2n) is 9.07. The van der Waals surface area contributed by atoms with Gasteiger partial charge in [0.2, 0.25) is 0 Å². The minimum Gasteiger partial charge on any atom is -0.470 e. The first-order valence-electron chi connectivity index (χ1n) is 11.7. The number of aliphatic hydroxyl groups excluding tert-OH is 1. The number of pyridine rings is 1. The molecule has 6 rings (SSSR count). The van der Waals surface area contributed by atoms with Gasteiger partial charge in [-0.15, -0.1) is 11.8 Å². The van der Waals surface area contributed by atoms with E-state index in [-0.39, 0.29) is 37.7 Å². The largest absolute Gasteiger partial charge is 0.470 e. The van der Waals surface area contributed by atoms with Gasteiger partial charge in [-0.1, -0.05) is 43.8 Å². The third-order valence-corrected chi connectivity index (χ3v) is 7.47. The Labute approximate surface area is 222 Å². The summed E-state index contributed by atoms with van der Waals surface area (Å²) in [6.07, 6.45) is -4.72. The van der Waals surface area contributed by atoms with Gasteiger partial charge in [-0.3, -0.25) is 0 Å². The quantitative estimate of drug-likeness (QED) is 0.292. The van der Waals surface area contributed by atoms with Crippen molar-refractivity contribution in [3.63, 3.8) is 0 Å². The van der Waals surface area contributed by atoms with Gasteiger partial charge in [0.25, 0.3) is 0 Å². The number of hydrogen-bond donors (Lipinski definition) is 2. The highest BCUT2D eigenvalue weighted by atomic mass is 32.2. The molecule has 2 fully saturated rings. The van der Waals surface area contributed by atoms with E-state index in [0.717, 1.165) is 22.1 Å². The van der Waals surface area contributed by atoms with Gasteiger partial charge in [0.1, 0.15) is 18.3 Å². The number of hydrogen-bond acceptors (Lipinski definition) is 6. The number of aromatic nitrogens is 2. The summed E-state index contributed by atoms with van der Waals surface area (Å²) in [5, 5.41) is 9.92. The van der Waals surface area contributed by atoms with Crippen LogP contribution in [0.5, 0.6) is 5.88 Å². The van der Waals surface area contributed by atoms with Gasteiger partial charge in [0, 0.05) is 16.5 Å². The molecule has 2 N–H and O–H groups in total. The van der Waals surface area contributed by atoms with E-state index in [1.165, 1.54) is 0 Å². The highest BCUT2D eigenvalue weighted by Crippen LogP contribution is 2.39. The fraction of sp³-hybridized carbons (Fsp3) is 0.321. The standard InChI is InChI=1S/C27H23F3N2O4S.CH4/c1-37-17-8-6-15(7-9-17)14-2-4-16(5-3-14)24-18(27(28,29)30)10-19-20(32-24)11-23(31-19)36-22-13-35-25-21(33)12-34-26(22)25;/h2-11,21-22,25-26,31,33H,12-13H2,1H3;1H4/t21?,22?,25?,26-;/m1./s1. The maximum absolute atomic E-state index is 14.1. The number of nitrogens with zero attached hydrogens (tertiary/aromatic N) is 1. The molecule has 2 aromatic carbocycles. The molecule has 2 aromatic heterocycles. The summed E-state index contributed by atoms with van der Waals surface area (Å²) in [5.41, 5.74) is 1.81. The van der Waals surface area contributed by atoms with E-state index < -0.39 is 36.2 Å². The number of benzene rings is 2. The average Bonchev–Trinajstić information content (AvgIpc) is 3.59. The molecule has 2 saturated heterocycles. The lowest BCUT2D eigenvalue weighted by molar-refractivity contribution is -0.137. The molecule has 0 aliphatic carbocycles. The van der Waals surface area contributed by atoms with Crippen LogP contribution in [0.4, 0.5) is 13.2 Å². The lowest BCUT2D eigenvalue weighted by Gasteiger charge is -2.16. The molecule has 2 aliphatic rings. The number of fused-ring (bicyclic) bond motifs is 2.